The van der Waals surface area contributed by atoms with E-state index in [0.29, 0.717) is 6.61 Å². The summed E-state index contributed by atoms with van der Waals surface area (Å²) in [5.74, 6) is -0.175. The molecule has 1 aliphatic carbocycles. The summed E-state index contributed by atoms with van der Waals surface area (Å²) in [5.41, 5.74) is 2.51. The lowest BCUT2D eigenvalue weighted by molar-refractivity contribution is -0.146. The second kappa shape index (κ2) is 7.81. The van der Waals surface area contributed by atoms with E-state index in [2.05, 4.69) is 40.8 Å². The third-order valence-electron chi connectivity index (χ3n) is 3.73. The van der Waals surface area contributed by atoms with Crippen LogP contribution in [0.5, 0.6) is 0 Å². The lowest BCUT2D eigenvalue weighted by atomic mass is 9.85. The average molecular weight is 384 g/mol. The van der Waals surface area contributed by atoms with Gasteiger partial charge in [-0.05, 0) is 73.2 Å². The molecule has 0 fully saturated rings. The minimum absolute atomic E-state index is 0.0692. The molecule has 3 heteroatoms. The van der Waals surface area contributed by atoms with Crippen LogP contribution in [-0.4, -0.2) is 12.6 Å². The van der Waals surface area contributed by atoms with E-state index in [1.807, 2.05) is 19.1 Å². The van der Waals surface area contributed by atoms with Gasteiger partial charge in [0.1, 0.15) is 0 Å². The minimum Gasteiger partial charge on any atom is -0.466 e. The zero-order valence-electron chi connectivity index (χ0n) is 11.9. The number of hydrogen-bond acceptors (Lipinski definition) is 2. The van der Waals surface area contributed by atoms with Crippen LogP contribution >= 0.6 is 22.6 Å². The van der Waals surface area contributed by atoms with Crippen LogP contribution in [0, 0.1) is 9.49 Å². The van der Waals surface area contributed by atoms with Gasteiger partial charge in [-0.1, -0.05) is 29.8 Å². The summed E-state index contributed by atoms with van der Waals surface area (Å²) in [6.45, 7) is 2.32. The molecular weight excluding hydrogens is 363 g/mol. The first kappa shape index (κ1) is 15.5. The minimum atomic E-state index is -0.105. The van der Waals surface area contributed by atoms with Crippen molar-refractivity contribution in [3.63, 3.8) is 0 Å². The number of ether oxygens (including phenoxy) is 1. The van der Waals surface area contributed by atoms with Crippen molar-refractivity contribution < 1.29 is 9.53 Å². The van der Waals surface area contributed by atoms with Gasteiger partial charge in [-0.2, -0.15) is 0 Å². The van der Waals surface area contributed by atoms with Gasteiger partial charge in [0.15, 0.2) is 0 Å². The van der Waals surface area contributed by atoms with Gasteiger partial charge in [-0.3, -0.25) is 4.79 Å². The number of allylic oxidation sites excluding steroid dienone is 1. The molecule has 108 valence electrons. The number of carbonyl (C=O) groups excluding carboxylic acids is 1. The normalized spacial score (nSPS) is 16.4. The van der Waals surface area contributed by atoms with Crippen molar-refractivity contribution in [1.82, 2.24) is 0 Å². The molecule has 20 heavy (non-hydrogen) atoms. The highest BCUT2D eigenvalue weighted by atomic mass is 127. The summed E-state index contributed by atoms with van der Waals surface area (Å²) in [5, 5.41) is 0. The first-order valence-corrected chi connectivity index (χ1v) is 8.39. The molecule has 0 aromatic heterocycles. The molecule has 0 radical (unpaired) electrons. The predicted octanol–water partition coefficient (Wildman–Crippen LogP) is 4.51. The second-order valence-electron chi connectivity index (χ2n) is 5.12. The highest BCUT2D eigenvalue weighted by molar-refractivity contribution is 14.1. The summed E-state index contributed by atoms with van der Waals surface area (Å²) in [6.07, 6.45) is 7.56. The Morgan fingerprint density at radius 1 is 1.35 bits per heavy atom. The van der Waals surface area contributed by atoms with Gasteiger partial charge >= 0.3 is 5.97 Å². The highest BCUT2D eigenvalue weighted by Gasteiger charge is 2.25. The Morgan fingerprint density at radius 3 is 2.80 bits per heavy atom. The molecule has 2 rings (SSSR count). The number of hydrogen-bond donors (Lipinski definition) is 0. The first-order valence-electron chi connectivity index (χ1n) is 7.31. The Balaban J connectivity index is 2.20. The van der Waals surface area contributed by atoms with E-state index >= 15 is 0 Å². The molecule has 0 saturated heterocycles. The Labute approximate surface area is 134 Å². The Kier molecular flexibility index (Phi) is 6.07. The summed E-state index contributed by atoms with van der Waals surface area (Å²) in [7, 11) is 0. The van der Waals surface area contributed by atoms with Gasteiger partial charge < -0.3 is 4.74 Å². The molecule has 1 aromatic rings. The van der Waals surface area contributed by atoms with E-state index in [1.165, 1.54) is 27.5 Å². The van der Waals surface area contributed by atoms with Crippen LogP contribution in [0.15, 0.2) is 35.9 Å². The van der Waals surface area contributed by atoms with Crippen LogP contribution in [-0.2, 0) is 16.0 Å². The van der Waals surface area contributed by atoms with Crippen molar-refractivity contribution >= 4 is 28.6 Å². The molecule has 0 amide bonds. The standard InChI is InChI=1S/C17H21IO2/c1-2-20-17(19)15(13-8-4-3-5-9-13)12-14-10-6-7-11-16(14)18/h6-8,10-11,15H,2-5,9,12H2,1H3. The Bertz CT molecular complexity index is 494. The smallest absolute Gasteiger partial charge is 0.313 e. The fraction of sp³-hybridized carbons (Fsp3) is 0.471. The van der Waals surface area contributed by atoms with Crippen LogP contribution in [0.25, 0.3) is 0 Å². The van der Waals surface area contributed by atoms with E-state index < -0.39 is 0 Å². The summed E-state index contributed by atoms with van der Waals surface area (Å²) >= 11 is 2.34. The van der Waals surface area contributed by atoms with Crippen molar-refractivity contribution in [3.05, 3.63) is 45.0 Å². The molecule has 0 heterocycles. The van der Waals surface area contributed by atoms with Crippen molar-refractivity contribution in [1.29, 1.82) is 0 Å². The molecule has 0 saturated carbocycles. The van der Waals surface area contributed by atoms with E-state index in [1.54, 1.807) is 0 Å². The molecule has 1 aliphatic rings. The van der Waals surface area contributed by atoms with Crippen LogP contribution in [0.2, 0.25) is 0 Å². The number of rotatable bonds is 5. The summed E-state index contributed by atoms with van der Waals surface area (Å²) in [6, 6.07) is 8.27. The third-order valence-corrected chi connectivity index (χ3v) is 4.78. The van der Waals surface area contributed by atoms with Crippen molar-refractivity contribution in [2.45, 2.75) is 39.0 Å². The zero-order valence-corrected chi connectivity index (χ0v) is 14.1. The summed E-state index contributed by atoms with van der Waals surface area (Å²) < 4.78 is 6.51. The molecule has 0 bridgehead atoms. The van der Waals surface area contributed by atoms with E-state index in [4.69, 9.17) is 4.74 Å². The first-order chi connectivity index (χ1) is 9.72. The molecule has 1 unspecified atom stereocenters. The molecule has 2 nitrogen and oxygen atoms in total. The van der Waals surface area contributed by atoms with Gasteiger partial charge in [0.05, 0.1) is 12.5 Å². The van der Waals surface area contributed by atoms with E-state index in [0.717, 1.165) is 19.3 Å². The average Bonchev–Trinajstić information content (AvgIpc) is 2.47. The van der Waals surface area contributed by atoms with E-state index in [-0.39, 0.29) is 11.9 Å². The number of benzene rings is 1. The van der Waals surface area contributed by atoms with Crippen molar-refractivity contribution in [2.24, 2.45) is 5.92 Å². The maximum atomic E-state index is 12.3. The number of carbonyl (C=O) groups is 1. The van der Waals surface area contributed by atoms with Gasteiger partial charge in [-0.25, -0.2) is 0 Å². The van der Waals surface area contributed by atoms with Gasteiger partial charge in [-0.15, -0.1) is 0 Å². The SMILES string of the molecule is CCOC(=O)C(Cc1ccccc1I)C1=CCCCC1. The fourth-order valence-electron chi connectivity index (χ4n) is 2.67. The van der Waals surface area contributed by atoms with Gasteiger partial charge in [0.2, 0.25) is 0 Å². The second-order valence-corrected chi connectivity index (χ2v) is 6.29. The van der Waals surface area contributed by atoms with Crippen molar-refractivity contribution in [3.8, 4) is 0 Å². The largest absolute Gasteiger partial charge is 0.466 e. The third kappa shape index (κ3) is 4.08. The van der Waals surface area contributed by atoms with Gasteiger partial charge in [0.25, 0.3) is 0 Å². The monoisotopic (exact) mass is 384 g/mol. The molecule has 1 atom stereocenters. The number of halogens is 1. The number of esters is 1. The predicted molar refractivity (Wildman–Crippen MR) is 89.5 cm³/mol. The molecule has 0 spiro atoms. The molecule has 1 aromatic carbocycles. The van der Waals surface area contributed by atoms with Crippen LogP contribution in [0.1, 0.15) is 38.2 Å². The zero-order chi connectivity index (χ0) is 14.4. The quantitative estimate of drug-likeness (QED) is 0.424. The van der Waals surface area contributed by atoms with E-state index in [9.17, 15) is 4.79 Å². The molecule has 0 aliphatic heterocycles. The lowest BCUT2D eigenvalue weighted by Crippen LogP contribution is -2.23. The molecular formula is C17H21IO2. The maximum absolute atomic E-state index is 12.3. The molecule has 0 N–H and O–H groups in total. The lowest BCUT2D eigenvalue weighted by Gasteiger charge is -2.22. The van der Waals surface area contributed by atoms with Gasteiger partial charge in [0, 0.05) is 3.57 Å². The van der Waals surface area contributed by atoms with Crippen LogP contribution in [0.4, 0.5) is 0 Å². The van der Waals surface area contributed by atoms with Crippen LogP contribution in [0.3, 0.4) is 0 Å². The fourth-order valence-corrected chi connectivity index (χ4v) is 3.28. The van der Waals surface area contributed by atoms with Crippen LogP contribution < -0.4 is 0 Å². The summed E-state index contributed by atoms with van der Waals surface area (Å²) in [4.78, 5) is 12.3. The maximum Gasteiger partial charge on any atom is 0.313 e. The highest BCUT2D eigenvalue weighted by Crippen LogP contribution is 2.29. The Hall–Kier alpha value is -0.840. The van der Waals surface area contributed by atoms with Crippen molar-refractivity contribution in [2.75, 3.05) is 6.61 Å². The topological polar surface area (TPSA) is 26.3 Å². The Morgan fingerprint density at radius 2 is 2.15 bits per heavy atom.